The van der Waals surface area contributed by atoms with Gasteiger partial charge in [0.2, 0.25) is 0 Å². The first-order valence-corrected chi connectivity index (χ1v) is 10.6. The van der Waals surface area contributed by atoms with Crippen LogP contribution in [0, 0.1) is 17.5 Å². The lowest BCUT2D eigenvalue weighted by atomic mass is 10.0. The molecule has 4 aromatic rings. The third-order valence-corrected chi connectivity index (χ3v) is 5.53. The Kier molecular flexibility index (Phi) is 5.78. The van der Waals surface area contributed by atoms with Crippen molar-refractivity contribution >= 4 is 0 Å². The summed E-state index contributed by atoms with van der Waals surface area (Å²) in [4.78, 5) is 13.2. The number of benzene rings is 2. The zero-order valence-electron chi connectivity index (χ0n) is 17.5. The number of piperidine rings is 1. The molecule has 0 bridgehead atoms. The van der Waals surface area contributed by atoms with Gasteiger partial charge in [-0.05, 0) is 56.3 Å². The van der Waals surface area contributed by atoms with Crippen LogP contribution in [0.1, 0.15) is 18.9 Å². The van der Waals surface area contributed by atoms with Crippen LogP contribution in [-0.4, -0.2) is 32.6 Å². The second kappa shape index (κ2) is 9.03. The largest absolute Gasteiger partial charge is 0.424 e. The van der Waals surface area contributed by atoms with E-state index < -0.39 is 11.6 Å². The lowest BCUT2D eigenvalue weighted by molar-refractivity contribution is 0.370. The molecule has 5 rings (SSSR count). The molecular weight excluding hydrogens is 431 g/mol. The van der Waals surface area contributed by atoms with E-state index in [-0.39, 0.29) is 23.6 Å². The van der Waals surface area contributed by atoms with E-state index in [9.17, 15) is 13.2 Å². The Balaban J connectivity index is 1.57. The summed E-state index contributed by atoms with van der Waals surface area (Å²) < 4.78 is 48.2. The van der Waals surface area contributed by atoms with Gasteiger partial charge in [0.1, 0.15) is 23.2 Å². The molecule has 0 spiro atoms. The molecule has 33 heavy (non-hydrogen) atoms. The zero-order valence-corrected chi connectivity index (χ0v) is 17.5. The van der Waals surface area contributed by atoms with Gasteiger partial charge in [-0.25, -0.2) is 23.1 Å². The minimum absolute atomic E-state index is 0.0460. The van der Waals surface area contributed by atoms with Gasteiger partial charge in [-0.1, -0.05) is 0 Å². The molecule has 1 N–H and O–H groups in total. The molecule has 2 aromatic carbocycles. The van der Waals surface area contributed by atoms with Crippen LogP contribution in [-0.2, 0) is 0 Å². The SMILES string of the molecule is Fc1ccc(-c2ncn(C3CCNCC3)c2-c2ccnc(Oc3cc(F)cc(F)c3)n2)cc1. The van der Waals surface area contributed by atoms with Crippen LogP contribution >= 0.6 is 0 Å². The van der Waals surface area contributed by atoms with Crippen molar-refractivity contribution in [1.82, 2.24) is 24.8 Å². The number of nitrogens with one attached hydrogen (secondary N) is 1. The Bertz CT molecular complexity index is 1250. The highest BCUT2D eigenvalue weighted by atomic mass is 19.1. The molecule has 2 aromatic heterocycles. The number of hydrogen-bond donors (Lipinski definition) is 1. The average molecular weight is 451 g/mol. The summed E-state index contributed by atoms with van der Waals surface area (Å²) in [7, 11) is 0. The average Bonchev–Trinajstić information content (AvgIpc) is 3.25. The first kappa shape index (κ1) is 21.1. The van der Waals surface area contributed by atoms with Crippen LogP contribution in [0.15, 0.2) is 61.1 Å². The van der Waals surface area contributed by atoms with Crippen LogP contribution in [0.25, 0.3) is 22.6 Å². The molecule has 1 aliphatic heterocycles. The second-order valence-electron chi connectivity index (χ2n) is 7.77. The minimum Gasteiger partial charge on any atom is -0.424 e. The van der Waals surface area contributed by atoms with Crippen molar-refractivity contribution < 1.29 is 17.9 Å². The molecule has 0 saturated carbocycles. The van der Waals surface area contributed by atoms with Gasteiger partial charge in [-0.15, -0.1) is 0 Å². The highest BCUT2D eigenvalue weighted by molar-refractivity contribution is 5.77. The highest BCUT2D eigenvalue weighted by Gasteiger charge is 2.23. The summed E-state index contributed by atoms with van der Waals surface area (Å²) >= 11 is 0. The fraction of sp³-hybridized carbons (Fsp3) is 0.208. The van der Waals surface area contributed by atoms with E-state index in [2.05, 4.69) is 24.8 Å². The third-order valence-electron chi connectivity index (χ3n) is 5.53. The predicted molar refractivity (Wildman–Crippen MR) is 116 cm³/mol. The number of hydrogen-bond acceptors (Lipinski definition) is 5. The molecule has 9 heteroatoms. The van der Waals surface area contributed by atoms with Gasteiger partial charge in [-0.3, -0.25) is 0 Å². The van der Waals surface area contributed by atoms with Crippen LogP contribution < -0.4 is 10.1 Å². The maximum Gasteiger partial charge on any atom is 0.322 e. The van der Waals surface area contributed by atoms with E-state index in [0.29, 0.717) is 11.4 Å². The zero-order chi connectivity index (χ0) is 22.8. The first-order chi connectivity index (χ1) is 16.1. The van der Waals surface area contributed by atoms with E-state index in [1.807, 2.05) is 0 Å². The van der Waals surface area contributed by atoms with Crippen LogP contribution in [0.5, 0.6) is 11.8 Å². The Hall–Kier alpha value is -3.72. The number of rotatable bonds is 5. The monoisotopic (exact) mass is 451 g/mol. The molecule has 0 amide bonds. The number of ether oxygens (including phenoxy) is 1. The Morgan fingerprint density at radius 2 is 1.61 bits per heavy atom. The van der Waals surface area contributed by atoms with Gasteiger partial charge in [0.25, 0.3) is 0 Å². The van der Waals surface area contributed by atoms with Gasteiger partial charge < -0.3 is 14.6 Å². The van der Waals surface area contributed by atoms with Crippen molar-refractivity contribution in [3.05, 3.63) is 78.5 Å². The van der Waals surface area contributed by atoms with Crippen LogP contribution in [0.3, 0.4) is 0 Å². The summed E-state index contributed by atoms with van der Waals surface area (Å²) in [6, 6.07) is 10.9. The van der Waals surface area contributed by atoms with Gasteiger partial charge >= 0.3 is 6.01 Å². The van der Waals surface area contributed by atoms with Gasteiger partial charge in [-0.2, -0.15) is 4.98 Å². The Morgan fingerprint density at radius 1 is 0.879 bits per heavy atom. The van der Waals surface area contributed by atoms with E-state index in [1.54, 1.807) is 24.5 Å². The quantitative estimate of drug-likeness (QED) is 0.455. The number of aromatic nitrogens is 4. The van der Waals surface area contributed by atoms with Gasteiger partial charge in [0.05, 0.1) is 23.4 Å². The van der Waals surface area contributed by atoms with E-state index >= 15 is 0 Å². The molecule has 0 radical (unpaired) electrons. The van der Waals surface area contributed by atoms with Crippen molar-refractivity contribution in [2.24, 2.45) is 0 Å². The highest BCUT2D eigenvalue weighted by Crippen LogP contribution is 2.35. The molecule has 1 saturated heterocycles. The Labute approximate surface area is 188 Å². The van der Waals surface area contributed by atoms with Crippen LogP contribution in [0.4, 0.5) is 13.2 Å². The van der Waals surface area contributed by atoms with Gasteiger partial charge in [0, 0.05) is 36.0 Å². The Morgan fingerprint density at radius 3 is 2.33 bits per heavy atom. The second-order valence-corrected chi connectivity index (χ2v) is 7.77. The number of imidazole rings is 1. The van der Waals surface area contributed by atoms with E-state index in [0.717, 1.165) is 55.4 Å². The fourth-order valence-corrected chi connectivity index (χ4v) is 4.01. The topological polar surface area (TPSA) is 64.9 Å². The van der Waals surface area contributed by atoms with Gasteiger partial charge in [0.15, 0.2) is 0 Å². The summed E-state index contributed by atoms with van der Waals surface area (Å²) in [5.41, 5.74) is 2.67. The summed E-state index contributed by atoms with van der Waals surface area (Å²) in [5.74, 6) is -1.90. The molecule has 1 fully saturated rings. The number of halogens is 3. The predicted octanol–water partition coefficient (Wildman–Crippen LogP) is 5.14. The van der Waals surface area contributed by atoms with Crippen molar-refractivity contribution in [2.75, 3.05) is 13.1 Å². The summed E-state index contributed by atoms with van der Waals surface area (Å²) in [5, 5.41) is 3.35. The van der Waals surface area contributed by atoms with Crippen molar-refractivity contribution in [3.63, 3.8) is 0 Å². The van der Waals surface area contributed by atoms with Crippen molar-refractivity contribution in [1.29, 1.82) is 0 Å². The summed E-state index contributed by atoms with van der Waals surface area (Å²) in [6.45, 7) is 1.77. The van der Waals surface area contributed by atoms with Crippen molar-refractivity contribution in [3.8, 4) is 34.4 Å². The number of nitrogens with zero attached hydrogens (tertiary/aromatic N) is 4. The molecule has 0 aliphatic carbocycles. The smallest absolute Gasteiger partial charge is 0.322 e. The summed E-state index contributed by atoms with van der Waals surface area (Å²) in [6.07, 6.45) is 5.13. The van der Waals surface area contributed by atoms with E-state index in [4.69, 9.17) is 4.74 Å². The molecule has 168 valence electrons. The van der Waals surface area contributed by atoms with E-state index in [1.165, 1.54) is 18.3 Å². The lowest BCUT2D eigenvalue weighted by Crippen LogP contribution is -2.29. The molecule has 6 nitrogen and oxygen atoms in total. The minimum atomic E-state index is -0.760. The maximum absolute atomic E-state index is 13.6. The molecule has 1 aliphatic rings. The maximum atomic E-state index is 13.6. The third kappa shape index (κ3) is 4.58. The molecule has 3 heterocycles. The van der Waals surface area contributed by atoms with Crippen molar-refractivity contribution in [2.45, 2.75) is 18.9 Å². The standard InChI is InChI=1S/C24H20F3N5O/c25-16-3-1-15(2-4-16)22-23(32(14-30-22)19-5-8-28-9-6-19)21-7-10-29-24(31-21)33-20-12-17(26)11-18(27)13-20/h1-4,7,10-14,19,28H,5-6,8-9H2. The molecular formula is C24H20F3N5O. The van der Waals surface area contributed by atoms with Crippen LogP contribution in [0.2, 0.25) is 0 Å². The lowest BCUT2D eigenvalue weighted by Gasteiger charge is -2.25. The fourth-order valence-electron chi connectivity index (χ4n) is 4.01. The molecule has 0 atom stereocenters. The first-order valence-electron chi connectivity index (χ1n) is 10.6. The normalized spacial score (nSPS) is 14.4. The molecule has 0 unspecified atom stereocenters.